The number of hydrogen-bond donors (Lipinski definition) is 2. The summed E-state index contributed by atoms with van der Waals surface area (Å²) in [6.07, 6.45) is 0.200. The van der Waals surface area contributed by atoms with Gasteiger partial charge in [-0.05, 0) is 18.2 Å². The van der Waals surface area contributed by atoms with Crippen molar-refractivity contribution in [2.45, 2.75) is 6.42 Å². The van der Waals surface area contributed by atoms with E-state index >= 15 is 0 Å². The molecule has 1 aliphatic heterocycles. The van der Waals surface area contributed by atoms with E-state index in [9.17, 15) is 14.0 Å². The van der Waals surface area contributed by atoms with Crippen LogP contribution in [0.2, 0.25) is 0 Å². The summed E-state index contributed by atoms with van der Waals surface area (Å²) in [6, 6.07) is 4.03. The fraction of sp³-hybridized carbons (Fsp3) is 0.429. The maximum atomic E-state index is 13.5. The Labute approximate surface area is 122 Å². The number of nitrogen functional groups attached to an aromatic ring is 1. The maximum Gasteiger partial charge on any atom is 0.236 e. The van der Waals surface area contributed by atoms with Crippen LogP contribution in [0.1, 0.15) is 6.42 Å². The number of carbonyl (C=O) groups is 2. The first-order chi connectivity index (χ1) is 9.95. The third-order valence-corrected chi connectivity index (χ3v) is 3.46. The predicted octanol–water partition coefficient (Wildman–Crippen LogP) is 0.511. The van der Waals surface area contributed by atoms with E-state index in [2.05, 4.69) is 5.32 Å². The summed E-state index contributed by atoms with van der Waals surface area (Å²) in [5.41, 5.74) is 6.02. The first-order valence-electron chi connectivity index (χ1n) is 6.77. The Bertz CT molecular complexity index is 550. The van der Waals surface area contributed by atoms with Crippen molar-refractivity contribution in [2.75, 3.05) is 44.3 Å². The van der Waals surface area contributed by atoms with Crippen LogP contribution in [0.25, 0.3) is 0 Å². The second-order valence-electron chi connectivity index (χ2n) is 5.13. The number of amides is 2. The molecule has 114 valence electrons. The third kappa shape index (κ3) is 4.16. The molecule has 2 amide bonds. The zero-order valence-corrected chi connectivity index (χ0v) is 11.9. The number of halogens is 1. The van der Waals surface area contributed by atoms with Gasteiger partial charge in [0, 0.05) is 38.8 Å². The minimum atomic E-state index is -0.521. The number of carbonyl (C=O) groups excluding carboxylic acids is 2. The number of likely N-dealkylation sites (N-methyl/N-ethyl adjacent to an activating group) is 1. The quantitative estimate of drug-likeness (QED) is 0.793. The highest BCUT2D eigenvalue weighted by Crippen LogP contribution is 2.17. The molecule has 1 aromatic rings. The smallest absolute Gasteiger partial charge is 0.236 e. The molecule has 0 saturated carbocycles. The topological polar surface area (TPSA) is 78.7 Å². The van der Waals surface area contributed by atoms with Gasteiger partial charge in [0.05, 0.1) is 12.2 Å². The Kier molecular flexibility index (Phi) is 4.74. The van der Waals surface area contributed by atoms with Crippen LogP contribution in [-0.2, 0) is 9.59 Å². The Balaban J connectivity index is 1.82. The van der Waals surface area contributed by atoms with Gasteiger partial charge in [0.2, 0.25) is 11.8 Å². The van der Waals surface area contributed by atoms with Crippen molar-refractivity contribution in [1.82, 2.24) is 9.80 Å². The highest BCUT2D eigenvalue weighted by molar-refractivity contribution is 5.91. The number of piperazine rings is 1. The van der Waals surface area contributed by atoms with Crippen molar-refractivity contribution >= 4 is 23.2 Å². The zero-order chi connectivity index (χ0) is 15.4. The molecule has 1 fully saturated rings. The van der Waals surface area contributed by atoms with Crippen LogP contribution in [0.3, 0.4) is 0 Å². The van der Waals surface area contributed by atoms with Crippen molar-refractivity contribution in [1.29, 1.82) is 0 Å². The molecule has 0 bridgehead atoms. The molecular formula is C14H19FN4O2. The average Bonchev–Trinajstić information content (AvgIpc) is 2.44. The van der Waals surface area contributed by atoms with E-state index in [4.69, 9.17) is 5.73 Å². The van der Waals surface area contributed by atoms with Crippen molar-refractivity contribution in [3.05, 3.63) is 24.0 Å². The number of anilines is 2. The fourth-order valence-corrected chi connectivity index (χ4v) is 2.11. The monoisotopic (exact) mass is 294 g/mol. The molecular weight excluding hydrogens is 275 g/mol. The van der Waals surface area contributed by atoms with Gasteiger partial charge >= 0.3 is 0 Å². The summed E-state index contributed by atoms with van der Waals surface area (Å²) in [4.78, 5) is 26.9. The molecule has 0 atom stereocenters. The van der Waals surface area contributed by atoms with Crippen LogP contribution in [0.4, 0.5) is 15.8 Å². The van der Waals surface area contributed by atoms with Gasteiger partial charge in [-0.25, -0.2) is 4.39 Å². The molecule has 3 N–H and O–H groups in total. The normalized spacial score (nSPS) is 16.1. The Morgan fingerprint density at radius 3 is 2.90 bits per heavy atom. The number of hydrogen-bond acceptors (Lipinski definition) is 4. The SMILES string of the molecule is CN1CCN(CCC(=O)Nc2cc(N)ccc2F)CC1=O. The molecule has 21 heavy (non-hydrogen) atoms. The molecule has 1 saturated heterocycles. The number of nitrogens with two attached hydrogens (primary N) is 1. The lowest BCUT2D eigenvalue weighted by Crippen LogP contribution is -2.49. The van der Waals surface area contributed by atoms with Crippen LogP contribution >= 0.6 is 0 Å². The van der Waals surface area contributed by atoms with Gasteiger partial charge in [-0.2, -0.15) is 0 Å². The van der Waals surface area contributed by atoms with Gasteiger partial charge in [-0.3, -0.25) is 14.5 Å². The first-order valence-corrected chi connectivity index (χ1v) is 6.77. The molecule has 1 aromatic carbocycles. The fourth-order valence-electron chi connectivity index (χ4n) is 2.11. The molecule has 6 nitrogen and oxygen atoms in total. The van der Waals surface area contributed by atoms with Gasteiger partial charge in [-0.1, -0.05) is 0 Å². The Hall–Kier alpha value is -2.15. The average molecular weight is 294 g/mol. The van der Waals surface area contributed by atoms with Crippen molar-refractivity contribution in [3.8, 4) is 0 Å². The van der Waals surface area contributed by atoms with Crippen LogP contribution in [0.15, 0.2) is 18.2 Å². The Morgan fingerprint density at radius 1 is 1.43 bits per heavy atom. The molecule has 0 radical (unpaired) electrons. The molecule has 0 unspecified atom stereocenters. The summed E-state index contributed by atoms with van der Waals surface area (Å²) < 4.78 is 13.5. The number of nitrogens with one attached hydrogen (secondary N) is 1. The van der Waals surface area contributed by atoms with Crippen molar-refractivity contribution < 1.29 is 14.0 Å². The van der Waals surface area contributed by atoms with Crippen LogP contribution in [0, 0.1) is 5.82 Å². The summed E-state index contributed by atoms with van der Waals surface area (Å²) in [7, 11) is 1.76. The molecule has 1 heterocycles. The second-order valence-corrected chi connectivity index (χ2v) is 5.13. The van der Waals surface area contributed by atoms with Gasteiger partial charge < -0.3 is 16.0 Å². The van der Waals surface area contributed by atoms with Crippen molar-refractivity contribution in [2.24, 2.45) is 0 Å². The van der Waals surface area contributed by atoms with Gasteiger partial charge in [0.1, 0.15) is 5.82 Å². The van der Waals surface area contributed by atoms with E-state index in [1.807, 2.05) is 4.90 Å². The lowest BCUT2D eigenvalue weighted by Gasteiger charge is -2.31. The minimum absolute atomic E-state index is 0.0449. The molecule has 1 aliphatic rings. The van der Waals surface area contributed by atoms with E-state index in [1.165, 1.54) is 18.2 Å². The Morgan fingerprint density at radius 2 is 2.19 bits per heavy atom. The lowest BCUT2D eigenvalue weighted by molar-refractivity contribution is -0.134. The van der Waals surface area contributed by atoms with Gasteiger partial charge in [-0.15, -0.1) is 0 Å². The third-order valence-electron chi connectivity index (χ3n) is 3.46. The summed E-state index contributed by atoms with van der Waals surface area (Å²) in [6.45, 7) is 2.18. The highest BCUT2D eigenvalue weighted by Gasteiger charge is 2.21. The zero-order valence-electron chi connectivity index (χ0n) is 11.9. The second kappa shape index (κ2) is 6.53. The number of rotatable bonds is 4. The summed E-state index contributed by atoms with van der Waals surface area (Å²) >= 11 is 0. The first kappa shape index (κ1) is 15.2. The van der Waals surface area contributed by atoms with E-state index in [0.29, 0.717) is 25.3 Å². The van der Waals surface area contributed by atoms with Gasteiger partial charge in [0.25, 0.3) is 0 Å². The predicted molar refractivity (Wildman–Crippen MR) is 78.1 cm³/mol. The molecule has 7 heteroatoms. The van der Waals surface area contributed by atoms with E-state index in [-0.39, 0.29) is 23.9 Å². The maximum absolute atomic E-state index is 13.5. The van der Waals surface area contributed by atoms with Crippen molar-refractivity contribution in [3.63, 3.8) is 0 Å². The van der Waals surface area contributed by atoms with Gasteiger partial charge in [0.15, 0.2) is 0 Å². The minimum Gasteiger partial charge on any atom is -0.399 e. The van der Waals surface area contributed by atoms with Crippen LogP contribution in [0.5, 0.6) is 0 Å². The molecule has 0 spiro atoms. The van der Waals surface area contributed by atoms with E-state index < -0.39 is 5.82 Å². The van der Waals surface area contributed by atoms with Crippen LogP contribution < -0.4 is 11.1 Å². The van der Waals surface area contributed by atoms with Crippen LogP contribution in [-0.4, -0.2) is 54.8 Å². The largest absolute Gasteiger partial charge is 0.399 e. The number of nitrogens with zero attached hydrogens (tertiary/aromatic N) is 2. The highest BCUT2D eigenvalue weighted by atomic mass is 19.1. The van der Waals surface area contributed by atoms with E-state index in [0.717, 1.165) is 6.54 Å². The number of benzene rings is 1. The molecule has 0 aliphatic carbocycles. The molecule has 2 rings (SSSR count). The standard InChI is InChI=1S/C14H19FN4O2/c1-18-6-7-19(9-14(18)21)5-4-13(20)17-12-8-10(16)2-3-11(12)15/h2-3,8H,4-7,9,16H2,1H3,(H,17,20). The lowest BCUT2D eigenvalue weighted by atomic mass is 10.2. The molecule has 0 aromatic heterocycles. The summed E-state index contributed by atoms with van der Waals surface area (Å²) in [5, 5.41) is 2.49. The van der Waals surface area contributed by atoms with E-state index in [1.54, 1.807) is 11.9 Å². The summed E-state index contributed by atoms with van der Waals surface area (Å²) in [5.74, 6) is -0.776.